The largest absolute Gasteiger partial charge is 0.424 e. The summed E-state index contributed by atoms with van der Waals surface area (Å²) in [5.41, 5.74) is 6.14. The molecule has 0 saturated carbocycles. The summed E-state index contributed by atoms with van der Waals surface area (Å²) in [6.45, 7) is 0.344. The average molecular weight is 246 g/mol. The topological polar surface area (TPSA) is 104 Å². The Hall–Kier alpha value is -2.54. The van der Waals surface area contributed by atoms with Crippen molar-refractivity contribution in [2.24, 2.45) is 5.73 Å². The lowest BCUT2D eigenvalue weighted by Crippen LogP contribution is -1.99. The third-order valence-electron chi connectivity index (χ3n) is 2.15. The van der Waals surface area contributed by atoms with Crippen molar-refractivity contribution in [2.75, 3.05) is 0 Å². The molecule has 0 fully saturated rings. The highest BCUT2D eigenvalue weighted by molar-refractivity contribution is 5.38. The minimum absolute atomic E-state index is 0.0499. The number of benzene rings is 1. The number of nitrogens with zero attached hydrogens (tertiary/aromatic N) is 3. The normalized spacial score (nSPS) is 10.1. The molecule has 0 unspecified atom stereocenters. The van der Waals surface area contributed by atoms with E-state index in [4.69, 9.17) is 10.5 Å². The number of non-ortho nitro benzene ring substituents is 1. The van der Waals surface area contributed by atoms with Gasteiger partial charge in [-0.25, -0.2) is 9.97 Å². The van der Waals surface area contributed by atoms with Gasteiger partial charge in [0.15, 0.2) is 0 Å². The van der Waals surface area contributed by atoms with Gasteiger partial charge in [-0.2, -0.15) is 0 Å². The van der Waals surface area contributed by atoms with Crippen LogP contribution in [0.15, 0.2) is 36.7 Å². The third-order valence-corrected chi connectivity index (χ3v) is 2.15. The fourth-order valence-corrected chi connectivity index (χ4v) is 1.27. The summed E-state index contributed by atoms with van der Waals surface area (Å²) in [6, 6.07) is 5.92. The summed E-state index contributed by atoms with van der Waals surface area (Å²) >= 11 is 0. The van der Waals surface area contributed by atoms with E-state index in [0.29, 0.717) is 12.3 Å². The van der Waals surface area contributed by atoms with Gasteiger partial charge < -0.3 is 10.5 Å². The monoisotopic (exact) mass is 246 g/mol. The number of hydrogen-bond donors (Lipinski definition) is 1. The van der Waals surface area contributed by atoms with Crippen LogP contribution in [-0.2, 0) is 6.54 Å². The predicted octanol–water partition coefficient (Wildman–Crippen LogP) is 1.64. The third kappa shape index (κ3) is 2.77. The van der Waals surface area contributed by atoms with Crippen molar-refractivity contribution in [1.82, 2.24) is 9.97 Å². The Bertz CT molecular complexity index is 556. The zero-order chi connectivity index (χ0) is 13.0. The van der Waals surface area contributed by atoms with E-state index in [2.05, 4.69) is 9.97 Å². The number of aromatic nitrogens is 2. The Morgan fingerprint density at radius 2 is 2.06 bits per heavy atom. The lowest BCUT2D eigenvalue weighted by atomic mass is 10.3. The zero-order valence-electron chi connectivity index (χ0n) is 9.31. The average Bonchev–Trinajstić information content (AvgIpc) is 2.40. The highest BCUT2D eigenvalue weighted by Crippen LogP contribution is 2.22. The van der Waals surface area contributed by atoms with Crippen LogP contribution < -0.4 is 10.5 Å². The summed E-state index contributed by atoms with van der Waals surface area (Å²) < 4.78 is 5.30. The van der Waals surface area contributed by atoms with Crippen LogP contribution in [0.3, 0.4) is 0 Å². The lowest BCUT2D eigenvalue weighted by molar-refractivity contribution is -0.384. The molecule has 0 bridgehead atoms. The molecule has 92 valence electrons. The van der Waals surface area contributed by atoms with Crippen LogP contribution in [0.5, 0.6) is 11.8 Å². The lowest BCUT2D eigenvalue weighted by Gasteiger charge is -2.03. The number of hydrogen-bond acceptors (Lipinski definition) is 6. The highest BCUT2D eigenvalue weighted by atomic mass is 16.6. The molecule has 0 aliphatic carbocycles. The van der Waals surface area contributed by atoms with Crippen LogP contribution in [0.1, 0.15) is 5.56 Å². The van der Waals surface area contributed by atoms with Crippen molar-refractivity contribution in [2.45, 2.75) is 6.54 Å². The minimum atomic E-state index is -0.495. The van der Waals surface area contributed by atoms with Crippen LogP contribution >= 0.6 is 0 Å². The molecule has 0 spiro atoms. The SMILES string of the molecule is NCc1cnc(Oc2cccc([N+](=O)[O-])c2)nc1. The second-order valence-corrected chi connectivity index (χ2v) is 3.43. The summed E-state index contributed by atoms with van der Waals surface area (Å²) in [5.74, 6) is 0.310. The fraction of sp³-hybridized carbons (Fsp3) is 0.0909. The number of nitrogens with two attached hydrogens (primary N) is 1. The van der Waals surface area contributed by atoms with Crippen LogP contribution in [0, 0.1) is 10.1 Å². The van der Waals surface area contributed by atoms with Gasteiger partial charge in [0.1, 0.15) is 5.75 Å². The molecule has 2 N–H and O–H groups in total. The van der Waals surface area contributed by atoms with Gasteiger partial charge in [-0.3, -0.25) is 10.1 Å². The Balaban J connectivity index is 2.17. The van der Waals surface area contributed by atoms with Crippen molar-refractivity contribution in [3.05, 3.63) is 52.3 Å². The van der Waals surface area contributed by atoms with Gasteiger partial charge in [0, 0.05) is 30.6 Å². The number of ether oxygens (including phenoxy) is 1. The Morgan fingerprint density at radius 3 is 2.67 bits per heavy atom. The Morgan fingerprint density at radius 1 is 1.33 bits per heavy atom. The van der Waals surface area contributed by atoms with Crippen molar-refractivity contribution in [3.63, 3.8) is 0 Å². The van der Waals surface area contributed by atoms with E-state index in [1.54, 1.807) is 18.5 Å². The maximum atomic E-state index is 10.6. The molecule has 7 heteroatoms. The number of nitro groups is 1. The van der Waals surface area contributed by atoms with Gasteiger partial charge in [-0.15, -0.1) is 0 Å². The molecule has 1 heterocycles. The molecule has 7 nitrogen and oxygen atoms in total. The van der Waals surface area contributed by atoms with Gasteiger partial charge in [0.05, 0.1) is 11.0 Å². The number of nitro benzene ring substituents is 1. The van der Waals surface area contributed by atoms with Gasteiger partial charge in [0.2, 0.25) is 0 Å². The van der Waals surface area contributed by atoms with E-state index >= 15 is 0 Å². The van der Waals surface area contributed by atoms with Crippen molar-refractivity contribution in [1.29, 1.82) is 0 Å². The highest BCUT2D eigenvalue weighted by Gasteiger charge is 2.07. The van der Waals surface area contributed by atoms with Crippen molar-refractivity contribution in [3.8, 4) is 11.8 Å². The maximum absolute atomic E-state index is 10.6. The summed E-state index contributed by atoms with van der Waals surface area (Å²) in [7, 11) is 0. The fourth-order valence-electron chi connectivity index (χ4n) is 1.27. The van der Waals surface area contributed by atoms with Crippen molar-refractivity contribution < 1.29 is 9.66 Å². The maximum Gasteiger partial charge on any atom is 0.321 e. The van der Waals surface area contributed by atoms with E-state index in [1.807, 2.05) is 0 Å². The second kappa shape index (κ2) is 5.19. The molecule has 2 aromatic rings. The van der Waals surface area contributed by atoms with Gasteiger partial charge in [-0.1, -0.05) is 6.07 Å². The number of rotatable bonds is 4. The molecule has 0 amide bonds. The summed E-state index contributed by atoms with van der Waals surface area (Å²) in [6.07, 6.45) is 3.08. The smallest absolute Gasteiger partial charge is 0.321 e. The molecule has 1 aromatic carbocycles. The van der Waals surface area contributed by atoms with E-state index in [-0.39, 0.29) is 11.7 Å². The van der Waals surface area contributed by atoms with E-state index in [1.165, 1.54) is 18.2 Å². The Labute approximate surface area is 102 Å². The first-order chi connectivity index (χ1) is 8.69. The quantitative estimate of drug-likeness (QED) is 0.649. The van der Waals surface area contributed by atoms with E-state index < -0.39 is 4.92 Å². The first-order valence-corrected chi connectivity index (χ1v) is 5.12. The van der Waals surface area contributed by atoms with E-state index in [0.717, 1.165) is 5.56 Å². The van der Waals surface area contributed by atoms with Crippen LogP contribution in [0.2, 0.25) is 0 Å². The van der Waals surface area contributed by atoms with Crippen LogP contribution in [0.25, 0.3) is 0 Å². The summed E-state index contributed by atoms with van der Waals surface area (Å²) in [5, 5.41) is 10.6. The second-order valence-electron chi connectivity index (χ2n) is 3.43. The standard InChI is InChI=1S/C11H10N4O3/c12-5-8-6-13-11(14-7-8)18-10-3-1-2-9(4-10)15(16)17/h1-4,6-7H,5,12H2. The first-order valence-electron chi connectivity index (χ1n) is 5.12. The van der Waals surface area contributed by atoms with Crippen LogP contribution in [-0.4, -0.2) is 14.9 Å². The molecule has 18 heavy (non-hydrogen) atoms. The van der Waals surface area contributed by atoms with E-state index in [9.17, 15) is 10.1 Å². The van der Waals surface area contributed by atoms with Crippen molar-refractivity contribution >= 4 is 5.69 Å². The van der Waals surface area contributed by atoms with Gasteiger partial charge in [0.25, 0.3) is 5.69 Å². The Kier molecular flexibility index (Phi) is 3.44. The van der Waals surface area contributed by atoms with Gasteiger partial charge in [-0.05, 0) is 6.07 Å². The predicted molar refractivity (Wildman–Crippen MR) is 63.1 cm³/mol. The molecule has 0 atom stereocenters. The molecule has 0 radical (unpaired) electrons. The molecule has 0 aliphatic rings. The molecule has 0 saturated heterocycles. The minimum Gasteiger partial charge on any atom is -0.424 e. The van der Waals surface area contributed by atoms with Crippen LogP contribution in [0.4, 0.5) is 5.69 Å². The molecule has 2 rings (SSSR count). The molecular formula is C11H10N4O3. The summed E-state index contributed by atoms with van der Waals surface area (Å²) in [4.78, 5) is 18.0. The first kappa shape index (κ1) is 11.9. The van der Waals surface area contributed by atoms with Gasteiger partial charge >= 0.3 is 6.01 Å². The zero-order valence-corrected chi connectivity index (χ0v) is 9.31. The molecular weight excluding hydrogens is 236 g/mol. The molecule has 1 aromatic heterocycles. The molecule has 0 aliphatic heterocycles.